The Kier molecular flexibility index (Phi) is 6.40. The van der Waals surface area contributed by atoms with Crippen molar-refractivity contribution in [1.82, 2.24) is 15.1 Å². The second-order valence-electron chi connectivity index (χ2n) is 7.67. The highest BCUT2D eigenvalue weighted by atomic mass is 35.5. The number of nitrogens with zero attached hydrogens (tertiary/aromatic N) is 3. The minimum atomic E-state index is 0. The molecule has 0 bridgehead atoms. The molecule has 1 aliphatic carbocycles. The van der Waals surface area contributed by atoms with Crippen LogP contribution in [0.2, 0.25) is 0 Å². The molecule has 4 rings (SSSR count). The van der Waals surface area contributed by atoms with Crippen LogP contribution in [-0.2, 0) is 4.79 Å². The number of hydrogen-bond donors (Lipinski definition) is 1. The van der Waals surface area contributed by atoms with Gasteiger partial charge in [-0.2, -0.15) is 0 Å². The van der Waals surface area contributed by atoms with Crippen molar-refractivity contribution in [3.05, 3.63) is 29.8 Å². The second-order valence-corrected chi connectivity index (χ2v) is 7.67. The highest BCUT2D eigenvalue weighted by molar-refractivity contribution is 6.05. The largest absolute Gasteiger partial charge is 0.337 e. The molecule has 1 aromatic carbocycles. The number of rotatable bonds is 4. The molecule has 1 aromatic rings. The molecule has 3 aliphatic rings. The van der Waals surface area contributed by atoms with Crippen molar-refractivity contribution in [2.75, 3.05) is 51.2 Å². The molecule has 148 valence electrons. The summed E-state index contributed by atoms with van der Waals surface area (Å²) in [5.41, 5.74) is 1.38. The first kappa shape index (κ1) is 20.1. The van der Waals surface area contributed by atoms with Gasteiger partial charge in [-0.05, 0) is 31.4 Å². The summed E-state index contributed by atoms with van der Waals surface area (Å²) in [4.78, 5) is 31.7. The summed E-state index contributed by atoms with van der Waals surface area (Å²) in [5, 5.41) is 3.38. The molecule has 1 unspecified atom stereocenters. The number of nitrogens with one attached hydrogen (secondary N) is 1. The fourth-order valence-corrected chi connectivity index (χ4v) is 4.11. The van der Waals surface area contributed by atoms with Crippen molar-refractivity contribution in [3.8, 4) is 0 Å². The Hall–Kier alpha value is -1.63. The number of amides is 2. The summed E-state index contributed by atoms with van der Waals surface area (Å²) in [6, 6.07) is 7.98. The molecule has 2 saturated heterocycles. The van der Waals surface area contributed by atoms with Crippen molar-refractivity contribution < 1.29 is 9.59 Å². The minimum absolute atomic E-state index is 0. The lowest BCUT2D eigenvalue weighted by molar-refractivity contribution is -0.119. The van der Waals surface area contributed by atoms with Gasteiger partial charge < -0.3 is 15.1 Å². The summed E-state index contributed by atoms with van der Waals surface area (Å²) in [6.45, 7) is 5.75. The fourth-order valence-electron chi connectivity index (χ4n) is 4.11. The summed E-state index contributed by atoms with van der Waals surface area (Å²) >= 11 is 0. The van der Waals surface area contributed by atoms with E-state index < -0.39 is 0 Å². The van der Waals surface area contributed by atoms with E-state index in [1.54, 1.807) is 11.9 Å². The molecule has 27 heavy (non-hydrogen) atoms. The van der Waals surface area contributed by atoms with Crippen LogP contribution in [0.5, 0.6) is 0 Å². The monoisotopic (exact) mass is 392 g/mol. The lowest BCUT2D eigenvalue weighted by Crippen LogP contribution is -2.49. The van der Waals surface area contributed by atoms with Crippen LogP contribution in [0.25, 0.3) is 0 Å². The van der Waals surface area contributed by atoms with E-state index >= 15 is 0 Å². The zero-order valence-corrected chi connectivity index (χ0v) is 16.7. The SMILES string of the molecule is CN(C(=O)C1CC1)c1ccccc1C(=O)N1CCC(N2CCNCC2)C1.Cl. The molecule has 1 saturated carbocycles. The predicted molar refractivity (Wildman–Crippen MR) is 109 cm³/mol. The van der Waals surface area contributed by atoms with E-state index in [2.05, 4.69) is 10.2 Å². The van der Waals surface area contributed by atoms with Crippen LogP contribution in [0.1, 0.15) is 29.6 Å². The minimum Gasteiger partial charge on any atom is -0.337 e. The Morgan fingerprint density at radius 1 is 1.07 bits per heavy atom. The van der Waals surface area contributed by atoms with Crippen LogP contribution < -0.4 is 10.2 Å². The molecule has 6 nitrogen and oxygen atoms in total. The molecule has 2 aliphatic heterocycles. The van der Waals surface area contributed by atoms with Crippen LogP contribution in [0, 0.1) is 5.92 Å². The average molecular weight is 393 g/mol. The van der Waals surface area contributed by atoms with Gasteiger partial charge in [0.15, 0.2) is 0 Å². The molecule has 2 amide bonds. The lowest BCUT2D eigenvalue weighted by Gasteiger charge is -2.32. The number of halogens is 1. The first-order chi connectivity index (χ1) is 12.6. The number of carbonyl (C=O) groups excluding carboxylic acids is 2. The summed E-state index contributed by atoms with van der Waals surface area (Å²) in [7, 11) is 1.79. The lowest BCUT2D eigenvalue weighted by atomic mass is 10.1. The van der Waals surface area contributed by atoms with Gasteiger partial charge in [0.25, 0.3) is 5.91 Å². The van der Waals surface area contributed by atoms with E-state index in [4.69, 9.17) is 0 Å². The summed E-state index contributed by atoms with van der Waals surface area (Å²) in [6.07, 6.45) is 2.97. The molecule has 0 spiro atoms. The standard InChI is InChI=1S/C20H28N4O2.ClH/c1-22(19(25)15-6-7-15)18-5-3-2-4-17(18)20(26)24-11-8-16(14-24)23-12-9-21-10-13-23;/h2-5,15-16,21H,6-14H2,1H3;1H. The third-order valence-electron chi connectivity index (χ3n) is 5.87. The Bertz CT molecular complexity index is 688. The van der Waals surface area contributed by atoms with Gasteiger partial charge in [0.2, 0.25) is 5.91 Å². The van der Waals surface area contributed by atoms with E-state index in [-0.39, 0.29) is 30.1 Å². The maximum atomic E-state index is 13.2. The number of piperazine rings is 1. The Morgan fingerprint density at radius 2 is 1.78 bits per heavy atom. The van der Waals surface area contributed by atoms with Crippen molar-refractivity contribution in [2.24, 2.45) is 5.92 Å². The quantitative estimate of drug-likeness (QED) is 0.845. The van der Waals surface area contributed by atoms with Crippen molar-refractivity contribution >= 4 is 29.9 Å². The molecule has 0 radical (unpaired) electrons. The molecular formula is C20H29ClN4O2. The van der Waals surface area contributed by atoms with Gasteiger partial charge in [-0.15, -0.1) is 12.4 Å². The smallest absolute Gasteiger partial charge is 0.256 e. The maximum Gasteiger partial charge on any atom is 0.256 e. The Balaban J connectivity index is 0.00000210. The highest BCUT2D eigenvalue weighted by Crippen LogP contribution is 2.33. The van der Waals surface area contributed by atoms with Crippen molar-refractivity contribution in [3.63, 3.8) is 0 Å². The van der Waals surface area contributed by atoms with Gasteiger partial charge >= 0.3 is 0 Å². The molecule has 0 aromatic heterocycles. The van der Waals surface area contributed by atoms with Gasteiger partial charge in [0, 0.05) is 58.3 Å². The van der Waals surface area contributed by atoms with Crippen LogP contribution in [0.15, 0.2) is 24.3 Å². The number of anilines is 1. The van der Waals surface area contributed by atoms with Crippen LogP contribution in [0.3, 0.4) is 0 Å². The Morgan fingerprint density at radius 3 is 2.48 bits per heavy atom. The van der Waals surface area contributed by atoms with Gasteiger partial charge in [0.1, 0.15) is 0 Å². The van der Waals surface area contributed by atoms with E-state index in [1.165, 1.54) is 0 Å². The average Bonchev–Trinajstić information content (AvgIpc) is 3.43. The number of para-hydroxylation sites is 1. The topological polar surface area (TPSA) is 55.9 Å². The number of hydrogen-bond acceptors (Lipinski definition) is 4. The van der Waals surface area contributed by atoms with E-state index in [1.807, 2.05) is 29.2 Å². The second kappa shape index (κ2) is 8.59. The maximum absolute atomic E-state index is 13.2. The van der Waals surface area contributed by atoms with E-state index in [9.17, 15) is 9.59 Å². The highest BCUT2D eigenvalue weighted by Gasteiger charge is 2.35. The van der Waals surface area contributed by atoms with Crippen molar-refractivity contribution in [2.45, 2.75) is 25.3 Å². The number of carbonyl (C=O) groups is 2. The summed E-state index contributed by atoms with van der Waals surface area (Å²) < 4.78 is 0. The predicted octanol–water partition coefficient (Wildman–Crippen LogP) is 1.60. The zero-order valence-electron chi connectivity index (χ0n) is 15.9. The zero-order chi connectivity index (χ0) is 18.1. The third-order valence-corrected chi connectivity index (χ3v) is 5.87. The van der Waals surface area contributed by atoms with Crippen molar-refractivity contribution in [1.29, 1.82) is 0 Å². The van der Waals surface area contributed by atoms with Gasteiger partial charge in [0.05, 0.1) is 11.3 Å². The van der Waals surface area contributed by atoms with Gasteiger partial charge in [-0.25, -0.2) is 0 Å². The molecule has 1 atom stereocenters. The molecule has 3 fully saturated rings. The third kappa shape index (κ3) is 4.28. The molecule has 2 heterocycles. The van der Waals surface area contributed by atoms with Crippen LogP contribution >= 0.6 is 12.4 Å². The first-order valence-electron chi connectivity index (χ1n) is 9.76. The van der Waals surface area contributed by atoms with E-state index in [0.717, 1.165) is 64.2 Å². The summed E-state index contributed by atoms with van der Waals surface area (Å²) in [5.74, 6) is 0.325. The van der Waals surface area contributed by atoms with Gasteiger partial charge in [-0.3, -0.25) is 14.5 Å². The molecular weight excluding hydrogens is 364 g/mol. The first-order valence-corrected chi connectivity index (χ1v) is 9.76. The number of likely N-dealkylation sites (tertiary alicyclic amines) is 1. The Labute approximate surface area is 167 Å². The van der Waals surface area contributed by atoms with E-state index in [0.29, 0.717) is 11.6 Å². The molecule has 1 N–H and O–H groups in total. The van der Waals surface area contributed by atoms with Crippen LogP contribution in [-0.4, -0.2) is 74.0 Å². The normalized spacial score (nSPS) is 23.0. The van der Waals surface area contributed by atoms with Crippen LogP contribution in [0.4, 0.5) is 5.69 Å². The number of benzene rings is 1. The van der Waals surface area contributed by atoms with Gasteiger partial charge in [-0.1, -0.05) is 12.1 Å². The molecule has 7 heteroatoms. The fraction of sp³-hybridized carbons (Fsp3) is 0.600.